The van der Waals surface area contributed by atoms with Gasteiger partial charge >= 0.3 is 6.09 Å². The third kappa shape index (κ3) is 6.74. The first-order chi connectivity index (χ1) is 19.1. The van der Waals surface area contributed by atoms with Crippen molar-refractivity contribution in [2.75, 3.05) is 48.3 Å². The van der Waals surface area contributed by atoms with E-state index in [9.17, 15) is 15.2 Å². The largest absolute Gasteiger partial charge is 0.508 e. The number of carbonyl (C=O) groups is 1. The first-order valence-electron chi connectivity index (χ1n) is 13.4. The summed E-state index contributed by atoms with van der Waals surface area (Å²) in [5.41, 5.74) is 9.22. The summed E-state index contributed by atoms with van der Waals surface area (Å²) in [5.74, 6) is 0.922. The Balaban J connectivity index is 1.70. The van der Waals surface area contributed by atoms with Crippen LogP contribution >= 0.6 is 0 Å². The van der Waals surface area contributed by atoms with Gasteiger partial charge in [-0.15, -0.1) is 0 Å². The van der Waals surface area contributed by atoms with Gasteiger partial charge in [0.1, 0.15) is 17.6 Å². The third-order valence-electron chi connectivity index (χ3n) is 7.03. The summed E-state index contributed by atoms with van der Waals surface area (Å²) in [6.45, 7) is 13.4. The van der Waals surface area contributed by atoms with Crippen molar-refractivity contribution in [3.05, 3.63) is 65.4 Å². The Labute approximate surface area is 235 Å². The SMILES string of the molecule is CCN1CCN(c2cc(OC(N)=O)c(Nc3cc(NCc4ccccc4O)c(C#N)cn3)c(C(C)(C)C)c2)CC1. The van der Waals surface area contributed by atoms with E-state index in [1.165, 1.54) is 6.20 Å². The molecule has 4 rings (SSSR count). The van der Waals surface area contributed by atoms with Crippen LogP contribution in [0.25, 0.3) is 0 Å². The van der Waals surface area contributed by atoms with Crippen molar-refractivity contribution in [2.24, 2.45) is 5.73 Å². The van der Waals surface area contributed by atoms with Crippen LogP contribution in [0.3, 0.4) is 0 Å². The molecule has 1 aromatic heterocycles. The smallest absolute Gasteiger partial charge is 0.410 e. The second-order valence-corrected chi connectivity index (χ2v) is 10.8. The minimum absolute atomic E-state index is 0.167. The van der Waals surface area contributed by atoms with Crippen LogP contribution in [0.1, 0.15) is 44.4 Å². The molecular formula is C30H37N7O3. The zero-order valence-corrected chi connectivity index (χ0v) is 23.5. The molecule has 0 bridgehead atoms. The molecule has 0 unspecified atom stereocenters. The molecule has 0 spiro atoms. The van der Waals surface area contributed by atoms with Crippen LogP contribution in [0, 0.1) is 11.3 Å². The second-order valence-electron chi connectivity index (χ2n) is 10.8. The minimum atomic E-state index is -0.909. The van der Waals surface area contributed by atoms with Crippen LogP contribution < -0.4 is 26.0 Å². The number of rotatable bonds is 8. The van der Waals surface area contributed by atoms with Gasteiger partial charge in [-0.3, -0.25) is 0 Å². The Bertz CT molecular complexity index is 1400. The van der Waals surface area contributed by atoms with Gasteiger partial charge in [0, 0.05) is 62.3 Å². The number of hydrogen-bond acceptors (Lipinski definition) is 9. The topological polar surface area (TPSA) is 140 Å². The van der Waals surface area contributed by atoms with Gasteiger partial charge in [-0.25, -0.2) is 9.78 Å². The van der Waals surface area contributed by atoms with Crippen molar-refractivity contribution in [2.45, 2.75) is 39.7 Å². The number of anilines is 4. The number of ether oxygens (including phenoxy) is 1. The number of likely N-dealkylation sites (N-methyl/N-ethyl adjacent to an activating group) is 1. The molecule has 1 amide bonds. The summed E-state index contributed by atoms with van der Waals surface area (Å²) in [6.07, 6.45) is 0.566. The number of phenolic OH excluding ortho intramolecular Hbond substituents is 1. The van der Waals surface area contributed by atoms with Crippen LogP contribution in [0.4, 0.5) is 27.7 Å². The summed E-state index contributed by atoms with van der Waals surface area (Å²) in [7, 11) is 0. The summed E-state index contributed by atoms with van der Waals surface area (Å²) >= 11 is 0. The molecule has 0 saturated carbocycles. The second kappa shape index (κ2) is 12.1. The Morgan fingerprint density at radius 1 is 1.18 bits per heavy atom. The van der Waals surface area contributed by atoms with E-state index in [-0.39, 0.29) is 11.2 Å². The number of nitrogens with two attached hydrogens (primary N) is 1. The van der Waals surface area contributed by atoms with E-state index in [1.807, 2.05) is 12.1 Å². The zero-order chi connectivity index (χ0) is 28.9. The quantitative estimate of drug-likeness (QED) is 0.312. The lowest BCUT2D eigenvalue weighted by Crippen LogP contribution is -2.46. The summed E-state index contributed by atoms with van der Waals surface area (Å²) in [5, 5.41) is 26.3. The van der Waals surface area contributed by atoms with Gasteiger partial charge in [-0.1, -0.05) is 45.9 Å². The first kappa shape index (κ1) is 28.5. The molecule has 1 fully saturated rings. The molecule has 2 aromatic carbocycles. The number of carbonyl (C=O) groups excluding carboxylic acids is 1. The van der Waals surface area contributed by atoms with Gasteiger partial charge in [-0.05, 0) is 29.7 Å². The molecule has 1 saturated heterocycles. The molecule has 2 heterocycles. The van der Waals surface area contributed by atoms with Crippen LogP contribution in [0.2, 0.25) is 0 Å². The average Bonchev–Trinajstić information content (AvgIpc) is 2.92. The van der Waals surface area contributed by atoms with Crippen molar-refractivity contribution >= 4 is 29.0 Å². The average molecular weight is 544 g/mol. The highest BCUT2D eigenvalue weighted by molar-refractivity contribution is 5.80. The number of primary amides is 1. The fourth-order valence-corrected chi connectivity index (χ4v) is 4.75. The number of aromatic hydroxyl groups is 1. The van der Waals surface area contributed by atoms with Crippen LogP contribution in [0.5, 0.6) is 11.5 Å². The molecule has 10 nitrogen and oxygen atoms in total. The monoisotopic (exact) mass is 543 g/mol. The standard InChI is InChI=1S/C30H37N7O3/c1-5-36-10-12-37(13-11-36)22-14-23(30(2,3)4)28(26(15-22)40-29(32)39)35-27-16-24(21(17-31)19-34-27)33-18-20-8-6-7-9-25(20)38/h6-9,14-16,19,38H,5,10-13,18H2,1-4H3,(H2,32,39)(H2,33,34,35). The molecule has 0 aliphatic carbocycles. The van der Waals surface area contributed by atoms with E-state index in [4.69, 9.17) is 10.5 Å². The predicted molar refractivity (Wildman–Crippen MR) is 157 cm³/mol. The van der Waals surface area contributed by atoms with Crippen LogP contribution in [-0.2, 0) is 12.0 Å². The minimum Gasteiger partial charge on any atom is -0.508 e. The fraction of sp³-hybridized carbons (Fsp3) is 0.367. The van der Waals surface area contributed by atoms with E-state index in [0.29, 0.717) is 40.6 Å². The molecule has 0 atom stereocenters. The van der Waals surface area contributed by atoms with Gasteiger partial charge in [-0.2, -0.15) is 5.26 Å². The van der Waals surface area contributed by atoms with Crippen molar-refractivity contribution in [1.29, 1.82) is 5.26 Å². The maximum atomic E-state index is 12.0. The predicted octanol–water partition coefficient (Wildman–Crippen LogP) is 4.91. The number of aromatic nitrogens is 1. The van der Waals surface area contributed by atoms with Gasteiger partial charge in [0.05, 0.1) is 16.9 Å². The van der Waals surface area contributed by atoms with Gasteiger partial charge in [0.25, 0.3) is 0 Å². The van der Waals surface area contributed by atoms with Gasteiger partial charge in [0.15, 0.2) is 5.75 Å². The molecular weight excluding hydrogens is 506 g/mol. The van der Waals surface area contributed by atoms with Gasteiger partial charge < -0.3 is 36.0 Å². The highest BCUT2D eigenvalue weighted by atomic mass is 16.5. The van der Waals surface area contributed by atoms with Crippen LogP contribution in [-0.4, -0.2) is 53.8 Å². The van der Waals surface area contributed by atoms with E-state index in [0.717, 1.165) is 44.0 Å². The summed E-state index contributed by atoms with van der Waals surface area (Å²) in [6, 6.07) is 14.8. The number of phenols is 1. The Kier molecular flexibility index (Phi) is 8.65. The summed E-state index contributed by atoms with van der Waals surface area (Å²) < 4.78 is 5.54. The van der Waals surface area contributed by atoms with Gasteiger partial charge in [0.2, 0.25) is 0 Å². The van der Waals surface area contributed by atoms with E-state index < -0.39 is 6.09 Å². The number of nitrogens with zero attached hydrogens (tertiary/aromatic N) is 4. The molecule has 10 heteroatoms. The molecule has 0 radical (unpaired) electrons. The first-order valence-corrected chi connectivity index (χ1v) is 13.4. The maximum absolute atomic E-state index is 12.0. The highest BCUT2D eigenvalue weighted by Gasteiger charge is 2.26. The molecule has 3 aromatic rings. The van der Waals surface area contributed by atoms with Crippen molar-refractivity contribution in [3.8, 4) is 17.6 Å². The number of nitrogens with one attached hydrogen (secondary N) is 2. The third-order valence-corrected chi connectivity index (χ3v) is 7.03. The molecule has 210 valence electrons. The zero-order valence-electron chi connectivity index (χ0n) is 23.5. The maximum Gasteiger partial charge on any atom is 0.410 e. The number of nitriles is 1. The van der Waals surface area contributed by atoms with Crippen molar-refractivity contribution in [1.82, 2.24) is 9.88 Å². The number of para-hydroxylation sites is 1. The molecule has 1 aliphatic rings. The summed E-state index contributed by atoms with van der Waals surface area (Å²) in [4.78, 5) is 21.1. The lowest BCUT2D eigenvalue weighted by molar-refractivity contribution is 0.211. The van der Waals surface area contributed by atoms with E-state index in [2.05, 4.69) is 65.2 Å². The van der Waals surface area contributed by atoms with Crippen molar-refractivity contribution in [3.63, 3.8) is 0 Å². The number of hydrogen-bond donors (Lipinski definition) is 4. The Morgan fingerprint density at radius 2 is 1.90 bits per heavy atom. The van der Waals surface area contributed by atoms with E-state index in [1.54, 1.807) is 24.3 Å². The van der Waals surface area contributed by atoms with E-state index >= 15 is 0 Å². The molecule has 40 heavy (non-hydrogen) atoms. The number of piperazine rings is 1. The highest BCUT2D eigenvalue weighted by Crippen LogP contribution is 2.42. The lowest BCUT2D eigenvalue weighted by atomic mass is 9.85. The normalized spacial score (nSPS) is 13.9. The number of amides is 1. The Hall–Kier alpha value is -4.49. The number of benzene rings is 2. The molecule has 5 N–H and O–H groups in total. The molecule has 1 aliphatic heterocycles. The lowest BCUT2D eigenvalue weighted by Gasteiger charge is -2.37. The Morgan fingerprint density at radius 3 is 2.52 bits per heavy atom. The van der Waals surface area contributed by atoms with Crippen LogP contribution in [0.15, 0.2) is 48.7 Å². The fourth-order valence-electron chi connectivity index (χ4n) is 4.75. The number of pyridine rings is 1. The van der Waals surface area contributed by atoms with Crippen molar-refractivity contribution < 1.29 is 14.6 Å².